The second-order valence-electron chi connectivity index (χ2n) is 5.15. The summed E-state index contributed by atoms with van der Waals surface area (Å²) in [6.07, 6.45) is 0. The minimum absolute atomic E-state index is 0.980. The average Bonchev–Trinajstić information content (AvgIpc) is 2.44. The molecule has 2 rings (SSSR count). The molecule has 2 aromatic rings. The number of allylic oxidation sites excluding steroid dienone is 2. The molecule has 0 spiro atoms. The van der Waals surface area contributed by atoms with Crippen LogP contribution in [0.25, 0.3) is 5.57 Å². The molecule has 0 amide bonds. The molecule has 20 heavy (non-hydrogen) atoms. The van der Waals surface area contributed by atoms with Gasteiger partial charge < -0.3 is 0 Å². The second kappa shape index (κ2) is 6.15. The fourth-order valence-corrected chi connectivity index (χ4v) is 2.48. The summed E-state index contributed by atoms with van der Waals surface area (Å²) < 4.78 is 0. The van der Waals surface area contributed by atoms with Crippen molar-refractivity contribution in [1.82, 2.24) is 0 Å². The quantitative estimate of drug-likeness (QED) is 0.542. The predicted octanol–water partition coefficient (Wildman–Crippen LogP) is 5.68. The van der Waals surface area contributed by atoms with Gasteiger partial charge in [-0.15, -0.1) is 12.6 Å². The standard InChI is InChI=1S/C19H20S/c1-13(2)15(4)19(16-8-6-5-7-9-16)18-12-17(20)11-10-14(18)3/h5-12,20H,1H2,2-4H3/b19-15-. The minimum atomic E-state index is 0.980. The monoisotopic (exact) mass is 280 g/mol. The van der Waals surface area contributed by atoms with Gasteiger partial charge in [0.2, 0.25) is 0 Å². The lowest BCUT2D eigenvalue weighted by Crippen LogP contribution is -1.96. The highest BCUT2D eigenvalue weighted by Crippen LogP contribution is 2.32. The van der Waals surface area contributed by atoms with Crippen LogP contribution in [0, 0.1) is 6.92 Å². The second-order valence-corrected chi connectivity index (χ2v) is 5.66. The number of hydrogen-bond acceptors (Lipinski definition) is 1. The van der Waals surface area contributed by atoms with Crippen LogP contribution in [0.4, 0.5) is 0 Å². The Hall–Kier alpha value is -1.73. The molecule has 0 fully saturated rings. The zero-order valence-electron chi connectivity index (χ0n) is 12.3. The molecule has 0 saturated heterocycles. The van der Waals surface area contributed by atoms with Gasteiger partial charge in [-0.1, -0.05) is 48.6 Å². The molecule has 0 heterocycles. The van der Waals surface area contributed by atoms with Crippen LogP contribution in [0.1, 0.15) is 30.5 Å². The van der Waals surface area contributed by atoms with Crippen molar-refractivity contribution in [3.8, 4) is 0 Å². The number of thiol groups is 1. The summed E-state index contributed by atoms with van der Waals surface area (Å²) in [5, 5.41) is 0. The lowest BCUT2D eigenvalue weighted by Gasteiger charge is -2.16. The molecule has 0 aliphatic heterocycles. The summed E-state index contributed by atoms with van der Waals surface area (Å²) in [6.45, 7) is 10.4. The Labute approximate surface area is 127 Å². The Morgan fingerprint density at radius 1 is 1.00 bits per heavy atom. The van der Waals surface area contributed by atoms with Crippen LogP contribution >= 0.6 is 12.6 Å². The van der Waals surface area contributed by atoms with Crippen molar-refractivity contribution < 1.29 is 0 Å². The molecule has 0 saturated carbocycles. The van der Waals surface area contributed by atoms with E-state index in [4.69, 9.17) is 0 Å². The third kappa shape index (κ3) is 3.05. The van der Waals surface area contributed by atoms with Crippen molar-refractivity contribution in [3.63, 3.8) is 0 Å². The van der Waals surface area contributed by atoms with E-state index in [1.807, 2.05) is 12.1 Å². The summed E-state index contributed by atoms with van der Waals surface area (Å²) in [6, 6.07) is 16.7. The topological polar surface area (TPSA) is 0 Å². The highest BCUT2D eigenvalue weighted by molar-refractivity contribution is 7.80. The molecule has 2 aromatic carbocycles. The molecule has 102 valence electrons. The summed E-state index contributed by atoms with van der Waals surface area (Å²) in [5.41, 5.74) is 7.25. The molecule has 0 N–H and O–H groups in total. The summed E-state index contributed by atoms with van der Waals surface area (Å²) in [4.78, 5) is 0.980. The first-order valence-electron chi connectivity index (χ1n) is 6.73. The predicted molar refractivity (Wildman–Crippen MR) is 91.4 cm³/mol. The van der Waals surface area contributed by atoms with Gasteiger partial charge >= 0.3 is 0 Å². The molecule has 0 bridgehead atoms. The van der Waals surface area contributed by atoms with Gasteiger partial charge in [0.05, 0.1) is 0 Å². The average molecular weight is 280 g/mol. The fourth-order valence-electron chi connectivity index (χ4n) is 2.27. The zero-order valence-corrected chi connectivity index (χ0v) is 13.2. The first-order valence-corrected chi connectivity index (χ1v) is 7.17. The number of rotatable bonds is 3. The molecule has 0 aromatic heterocycles. The molecular formula is C19H20S. The maximum absolute atomic E-state index is 4.48. The summed E-state index contributed by atoms with van der Waals surface area (Å²) in [7, 11) is 0. The first-order chi connectivity index (χ1) is 9.50. The Morgan fingerprint density at radius 2 is 1.65 bits per heavy atom. The number of benzene rings is 2. The zero-order chi connectivity index (χ0) is 14.7. The number of hydrogen-bond donors (Lipinski definition) is 1. The molecule has 0 nitrogen and oxygen atoms in total. The van der Waals surface area contributed by atoms with E-state index in [-0.39, 0.29) is 0 Å². The van der Waals surface area contributed by atoms with Gasteiger partial charge in [0.15, 0.2) is 0 Å². The van der Waals surface area contributed by atoms with Gasteiger partial charge in [-0.05, 0) is 60.7 Å². The molecule has 0 radical (unpaired) electrons. The van der Waals surface area contributed by atoms with Gasteiger partial charge in [-0.3, -0.25) is 0 Å². The number of aryl methyl sites for hydroxylation is 1. The largest absolute Gasteiger partial charge is 0.143 e. The lowest BCUT2D eigenvalue weighted by atomic mass is 9.89. The van der Waals surface area contributed by atoms with Crippen LogP contribution in [0.15, 0.2) is 71.2 Å². The van der Waals surface area contributed by atoms with E-state index < -0.39 is 0 Å². The van der Waals surface area contributed by atoms with Crippen molar-refractivity contribution in [1.29, 1.82) is 0 Å². The van der Waals surface area contributed by atoms with E-state index in [9.17, 15) is 0 Å². The molecule has 1 heteroatoms. The van der Waals surface area contributed by atoms with Crippen LogP contribution < -0.4 is 0 Å². The van der Waals surface area contributed by atoms with Gasteiger partial charge in [-0.2, -0.15) is 0 Å². The molecule has 0 atom stereocenters. The van der Waals surface area contributed by atoms with Gasteiger partial charge in [0, 0.05) is 4.90 Å². The lowest BCUT2D eigenvalue weighted by molar-refractivity contribution is 1.30. The summed E-state index contributed by atoms with van der Waals surface area (Å²) >= 11 is 4.48. The van der Waals surface area contributed by atoms with Gasteiger partial charge in [0.1, 0.15) is 0 Å². The Kier molecular flexibility index (Phi) is 4.51. The van der Waals surface area contributed by atoms with Crippen LogP contribution in [0.2, 0.25) is 0 Å². The van der Waals surface area contributed by atoms with E-state index in [0.29, 0.717) is 0 Å². The maximum atomic E-state index is 4.48. The van der Waals surface area contributed by atoms with E-state index in [2.05, 4.69) is 76.4 Å². The third-order valence-electron chi connectivity index (χ3n) is 3.57. The molecular weight excluding hydrogens is 260 g/mol. The highest BCUT2D eigenvalue weighted by atomic mass is 32.1. The summed E-state index contributed by atoms with van der Waals surface area (Å²) in [5.74, 6) is 0. The van der Waals surface area contributed by atoms with Gasteiger partial charge in [-0.25, -0.2) is 0 Å². The van der Waals surface area contributed by atoms with E-state index in [0.717, 1.165) is 10.5 Å². The van der Waals surface area contributed by atoms with Crippen LogP contribution in [-0.4, -0.2) is 0 Å². The fraction of sp³-hybridized carbons (Fsp3) is 0.158. The smallest absolute Gasteiger partial charge is 0.00463 e. The molecule has 0 aliphatic carbocycles. The Morgan fingerprint density at radius 3 is 2.25 bits per heavy atom. The van der Waals surface area contributed by atoms with E-state index in [1.54, 1.807) is 0 Å². The van der Waals surface area contributed by atoms with E-state index in [1.165, 1.54) is 27.8 Å². The van der Waals surface area contributed by atoms with Crippen molar-refractivity contribution in [2.75, 3.05) is 0 Å². The highest BCUT2D eigenvalue weighted by Gasteiger charge is 2.12. The Bertz CT molecular complexity index is 663. The van der Waals surface area contributed by atoms with Crippen LogP contribution in [-0.2, 0) is 0 Å². The van der Waals surface area contributed by atoms with Crippen molar-refractivity contribution >= 4 is 18.2 Å². The van der Waals surface area contributed by atoms with E-state index >= 15 is 0 Å². The molecule has 0 aliphatic rings. The van der Waals surface area contributed by atoms with Crippen LogP contribution in [0.5, 0.6) is 0 Å². The maximum Gasteiger partial charge on any atom is 0.00463 e. The van der Waals surface area contributed by atoms with Crippen molar-refractivity contribution in [3.05, 3.63) is 82.9 Å². The Balaban J connectivity index is 2.75. The first kappa shape index (κ1) is 14.7. The normalized spacial score (nSPS) is 12.0. The minimum Gasteiger partial charge on any atom is -0.143 e. The van der Waals surface area contributed by atoms with Crippen LogP contribution in [0.3, 0.4) is 0 Å². The van der Waals surface area contributed by atoms with Crippen molar-refractivity contribution in [2.24, 2.45) is 0 Å². The van der Waals surface area contributed by atoms with Gasteiger partial charge in [0.25, 0.3) is 0 Å². The SMILES string of the molecule is C=C(C)/C(C)=C(/c1ccccc1)c1cc(S)ccc1C. The third-order valence-corrected chi connectivity index (χ3v) is 3.85. The van der Waals surface area contributed by atoms with Crippen molar-refractivity contribution in [2.45, 2.75) is 25.7 Å². The molecule has 0 unspecified atom stereocenters.